The van der Waals surface area contributed by atoms with Crippen LogP contribution >= 0.6 is 0 Å². The van der Waals surface area contributed by atoms with E-state index in [4.69, 9.17) is 24.3 Å². The molecule has 50 heavy (non-hydrogen) atoms. The van der Waals surface area contributed by atoms with Crippen molar-refractivity contribution in [2.45, 2.75) is 96.4 Å². The van der Waals surface area contributed by atoms with Crippen LogP contribution in [0.5, 0.6) is 5.75 Å². The molecule has 3 aromatic rings. The number of aryl methyl sites for hydroxylation is 1. The molecule has 0 aliphatic carbocycles. The first kappa shape index (κ1) is 33.7. The minimum Gasteiger partial charge on any atom is -0.481 e. The number of carboxylic acid groups (broad SMARTS) is 1. The molecule has 264 valence electrons. The van der Waals surface area contributed by atoms with Gasteiger partial charge in [0.05, 0.1) is 41.9 Å². The minimum atomic E-state index is -1.90. The number of carboxylic acids is 1. The number of hydrogen-bond acceptors (Lipinski definition) is 10. The zero-order valence-corrected chi connectivity index (χ0v) is 28.5. The highest BCUT2D eigenvalue weighted by Crippen LogP contribution is 2.42. The van der Waals surface area contributed by atoms with E-state index in [1.165, 1.54) is 19.3 Å². The van der Waals surface area contributed by atoms with E-state index < -0.39 is 36.4 Å². The largest absolute Gasteiger partial charge is 0.481 e. The summed E-state index contributed by atoms with van der Waals surface area (Å²) in [5.74, 6) is -2.44. The number of fused-ring (bicyclic) bond motifs is 5. The number of esters is 2. The first-order valence-electron chi connectivity index (χ1n) is 17.7. The summed E-state index contributed by atoms with van der Waals surface area (Å²) in [4.78, 5) is 73.5. The monoisotopic (exact) mass is 686 g/mol. The molecule has 0 radical (unpaired) electrons. The van der Waals surface area contributed by atoms with Crippen LogP contribution in [0.3, 0.4) is 0 Å². The molecule has 13 heteroatoms. The van der Waals surface area contributed by atoms with Crippen LogP contribution < -0.4 is 10.3 Å². The molecule has 2 saturated heterocycles. The molecule has 2 fully saturated rings. The molecule has 1 N–H and O–H groups in total. The highest BCUT2D eigenvalue weighted by molar-refractivity contribution is 5.91. The third-order valence-corrected chi connectivity index (χ3v) is 10.8. The number of nitrogens with zero attached hydrogens (tertiary/aromatic N) is 4. The van der Waals surface area contributed by atoms with Gasteiger partial charge in [0.25, 0.3) is 5.56 Å². The van der Waals surface area contributed by atoms with E-state index in [1.54, 1.807) is 34.6 Å². The van der Waals surface area contributed by atoms with Gasteiger partial charge in [0.1, 0.15) is 12.4 Å². The fraction of sp³-hybridized carbons (Fsp3) is 0.514. The first-order valence-corrected chi connectivity index (χ1v) is 17.7. The van der Waals surface area contributed by atoms with Gasteiger partial charge in [-0.05, 0) is 81.4 Å². The van der Waals surface area contributed by atoms with E-state index in [1.807, 2.05) is 13.0 Å². The van der Waals surface area contributed by atoms with Gasteiger partial charge in [-0.3, -0.25) is 14.4 Å². The molecule has 0 saturated carbocycles. The SMILES string of the molecule is CCc1c2c(nc3ccc(OC(=O)N4CCC(N5CCCCC5)CC4)cc13)-c1cc3c(c(=O)n1C2)COC(=O)[C@@]3(CC)OC(=O)CCC(=O)O. The molecule has 2 aromatic heterocycles. The number of carbonyl (C=O) groups is 4. The molecular formula is C37H42N4O9. The molecule has 0 unspecified atom stereocenters. The number of rotatable bonds is 8. The molecule has 6 heterocycles. The Morgan fingerprint density at radius 1 is 1.00 bits per heavy atom. The highest BCUT2D eigenvalue weighted by atomic mass is 16.6. The summed E-state index contributed by atoms with van der Waals surface area (Å²) in [5, 5.41) is 9.85. The fourth-order valence-corrected chi connectivity index (χ4v) is 8.08. The van der Waals surface area contributed by atoms with Crippen LogP contribution in [0.15, 0.2) is 29.1 Å². The Morgan fingerprint density at radius 2 is 1.76 bits per heavy atom. The van der Waals surface area contributed by atoms with Crippen LogP contribution in [0.25, 0.3) is 22.3 Å². The standard InChI is InChI=1S/C37H42N4O9/c1-3-24-25-18-23(49-36(47)40-16-12-22(13-17-40)39-14-6-5-7-15-39)8-9-29(25)38-33-26(24)20-41-30(33)19-28-27(34(41)45)21-48-35(46)37(28,4-2)50-32(44)11-10-31(42)43/h8-9,18-19,22H,3-7,10-17,20-21H2,1-2H3,(H,42,43)/t37-/m0/s1. The molecule has 1 atom stereocenters. The van der Waals surface area contributed by atoms with Crippen molar-refractivity contribution in [3.63, 3.8) is 0 Å². The van der Waals surface area contributed by atoms with Gasteiger partial charge in [-0.25, -0.2) is 14.6 Å². The molecule has 1 amide bonds. The summed E-state index contributed by atoms with van der Waals surface area (Å²) in [6.45, 7) is 7.23. The van der Waals surface area contributed by atoms with Crippen LogP contribution in [-0.2, 0) is 49.0 Å². The van der Waals surface area contributed by atoms with Crippen molar-refractivity contribution in [3.8, 4) is 17.1 Å². The quantitative estimate of drug-likeness (QED) is 0.260. The Hall–Kier alpha value is -4.78. The maximum Gasteiger partial charge on any atom is 0.415 e. The third-order valence-electron chi connectivity index (χ3n) is 10.8. The molecule has 4 aliphatic rings. The van der Waals surface area contributed by atoms with E-state index in [2.05, 4.69) is 4.90 Å². The van der Waals surface area contributed by atoms with Crippen molar-refractivity contribution in [3.05, 3.63) is 56.9 Å². The molecule has 13 nitrogen and oxygen atoms in total. The summed E-state index contributed by atoms with van der Waals surface area (Å²) >= 11 is 0. The number of pyridine rings is 2. The lowest BCUT2D eigenvalue weighted by molar-refractivity contribution is -0.189. The third kappa shape index (κ3) is 5.91. The minimum absolute atomic E-state index is 0.0172. The van der Waals surface area contributed by atoms with Gasteiger partial charge in [0.2, 0.25) is 5.60 Å². The first-order chi connectivity index (χ1) is 24.1. The van der Waals surface area contributed by atoms with Gasteiger partial charge >= 0.3 is 24.0 Å². The van der Waals surface area contributed by atoms with Crippen molar-refractivity contribution < 1.29 is 38.5 Å². The normalized spacial score (nSPS) is 20.5. The average molecular weight is 687 g/mol. The Morgan fingerprint density at radius 3 is 2.46 bits per heavy atom. The number of piperidine rings is 2. The Labute approximate surface area is 289 Å². The van der Waals surface area contributed by atoms with Gasteiger partial charge in [-0.1, -0.05) is 20.3 Å². The Kier molecular flexibility index (Phi) is 9.10. The van der Waals surface area contributed by atoms with Crippen molar-refractivity contribution in [2.75, 3.05) is 26.2 Å². The van der Waals surface area contributed by atoms with Gasteiger partial charge < -0.3 is 33.7 Å². The number of amides is 1. The van der Waals surface area contributed by atoms with Crippen molar-refractivity contribution >= 4 is 34.9 Å². The average Bonchev–Trinajstić information content (AvgIpc) is 3.50. The molecular weight excluding hydrogens is 644 g/mol. The maximum atomic E-state index is 14.0. The molecule has 7 rings (SSSR count). The predicted molar refractivity (Wildman–Crippen MR) is 181 cm³/mol. The number of carbonyl (C=O) groups excluding carboxylic acids is 3. The van der Waals surface area contributed by atoms with E-state index in [0.29, 0.717) is 48.2 Å². The maximum absolute atomic E-state index is 14.0. The fourth-order valence-electron chi connectivity index (χ4n) is 8.08. The Bertz CT molecular complexity index is 1940. The zero-order valence-electron chi connectivity index (χ0n) is 28.5. The summed E-state index contributed by atoms with van der Waals surface area (Å²) in [5.41, 5.74) is 1.67. The number of aromatic nitrogens is 2. The van der Waals surface area contributed by atoms with Crippen LogP contribution in [0.2, 0.25) is 0 Å². The van der Waals surface area contributed by atoms with Crippen molar-refractivity contribution in [1.82, 2.24) is 19.4 Å². The lowest BCUT2D eigenvalue weighted by Crippen LogP contribution is -2.48. The van der Waals surface area contributed by atoms with E-state index in [9.17, 15) is 24.0 Å². The van der Waals surface area contributed by atoms with E-state index in [0.717, 1.165) is 42.4 Å². The molecule has 0 spiro atoms. The van der Waals surface area contributed by atoms with Crippen molar-refractivity contribution in [1.29, 1.82) is 0 Å². The predicted octanol–water partition coefficient (Wildman–Crippen LogP) is 4.51. The van der Waals surface area contributed by atoms with E-state index in [-0.39, 0.29) is 42.4 Å². The molecule has 1 aromatic carbocycles. The summed E-state index contributed by atoms with van der Waals surface area (Å²) in [7, 11) is 0. The molecule has 4 aliphatic heterocycles. The van der Waals surface area contributed by atoms with Crippen LogP contribution in [-0.4, -0.2) is 80.7 Å². The number of hydrogen-bond donors (Lipinski definition) is 1. The van der Waals surface area contributed by atoms with Gasteiger partial charge in [-0.2, -0.15) is 0 Å². The second kappa shape index (κ2) is 13.5. The lowest BCUT2D eigenvalue weighted by atomic mass is 9.85. The topological polar surface area (TPSA) is 158 Å². The number of ether oxygens (including phenoxy) is 3. The molecule has 0 bridgehead atoms. The summed E-state index contributed by atoms with van der Waals surface area (Å²) in [6.07, 6.45) is 5.02. The van der Waals surface area contributed by atoms with Crippen LogP contribution in [0, 0.1) is 0 Å². The lowest BCUT2D eigenvalue weighted by Gasteiger charge is -2.39. The number of cyclic esters (lactones) is 1. The van der Waals surface area contributed by atoms with Gasteiger partial charge in [0.15, 0.2) is 0 Å². The number of benzene rings is 1. The highest BCUT2D eigenvalue weighted by Gasteiger charge is 2.50. The van der Waals surface area contributed by atoms with E-state index >= 15 is 0 Å². The van der Waals surface area contributed by atoms with Crippen LogP contribution in [0.1, 0.15) is 87.5 Å². The van der Waals surface area contributed by atoms with Gasteiger partial charge in [-0.15, -0.1) is 0 Å². The second-order valence-electron chi connectivity index (χ2n) is 13.6. The Balaban J connectivity index is 1.17. The van der Waals surface area contributed by atoms with Crippen molar-refractivity contribution in [2.24, 2.45) is 0 Å². The zero-order chi connectivity index (χ0) is 35.2. The summed E-state index contributed by atoms with van der Waals surface area (Å²) < 4.78 is 18.5. The second-order valence-corrected chi connectivity index (χ2v) is 13.6. The summed E-state index contributed by atoms with van der Waals surface area (Å²) in [6, 6.07) is 7.56. The number of likely N-dealkylation sites (tertiary alicyclic amines) is 2. The van der Waals surface area contributed by atoms with Crippen LogP contribution in [0.4, 0.5) is 4.79 Å². The smallest absolute Gasteiger partial charge is 0.415 e. The van der Waals surface area contributed by atoms with Gasteiger partial charge in [0, 0.05) is 35.6 Å². The number of aliphatic carboxylic acids is 1.